The Hall–Kier alpha value is -8.79. The average Bonchev–Trinajstić information content (AvgIpc) is 4.04. The lowest BCUT2D eigenvalue weighted by atomic mass is 9.73. The van der Waals surface area contributed by atoms with Crippen molar-refractivity contribution in [1.82, 2.24) is 4.57 Å². The van der Waals surface area contributed by atoms with Crippen LogP contribution in [0.2, 0.25) is 0 Å². The predicted molar refractivity (Wildman–Crippen MR) is 311 cm³/mol. The van der Waals surface area contributed by atoms with Gasteiger partial charge >= 0.3 is 0 Å². The van der Waals surface area contributed by atoms with Gasteiger partial charge in [0, 0.05) is 45.1 Å². The zero-order chi connectivity index (χ0) is 49.0. The molecule has 0 saturated carbocycles. The maximum atomic E-state index is 6.23. The van der Waals surface area contributed by atoms with Gasteiger partial charge in [-0.1, -0.05) is 218 Å². The molecule has 4 atom stereocenters. The van der Waals surface area contributed by atoms with Crippen LogP contribution in [0.3, 0.4) is 0 Å². The van der Waals surface area contributed by atoms with Gasteiger partial charge in [0.1, 0.15) is 11.2 Å². The van der Waals surface area contributed by atoms with Crippen LogP contribution in [0.5, 0.6) is 0 Å². The van der Waals surface area contributed by atoms with Crippen molar-refractivity contribution in [3.05, 3.63) is 277 Å². The lowest BCUT2D eigenvalue weighted by molar-refractivity contribution is 0.486. The Kier molecular flexibility index (Phi) is 11.1. The zero-order valence-electron chi connectivity index (χ0n) is 41.2. The normalized spacial score (nSPS) is 19.3. The van der Waals surface area contributed by atoms with Crippen LogP contribution >= 0.6 is 0 Å². The molecule has 0 bridgehead atoms. The SMILES string of the molecule is C1=CCC(C2C=Cc3c(c4ccccc4n3C3=CCC(C4=NC(c5ccc(-c6ccccc6)cc5)=CC(c5ccc(-c6ccccc6)cc5)C4)C=C3)C2)C(c2ccccc2-c2ccc3oc4ccccc4c3c2)=C1. The topological polar surface area (TPSA) is 30.4 Å². The first-order chi connectivity index (χ1) is 36.7. The van der Waals surface area contributed by atoms with E-state index in [4.69, 9.17) is 9.41 Å². The van der Waals surface area contributed by atoms with Gasteiger partial charge in [-0.15, -0.1) is 0 Å². The molecule has 0 amide bonds. The molecular formula is C71H54N2O. The molecule has 3 aliphatic carbocycles. The summed E-state index contributed by atoms with van der Waals surface area (Å²) in [7, 11) is 0. The highest BCUT2D eigenvalue weighted by molar-refractivity contribution is 6.07. The number of fused-ring (bicyclic) bond motifs is 6. The van der Waals surface area contributed by atoms with Crippen molar-refractivity contribution in [2.75, 3.05) is 0 Å². The number of para-hydroxylation sites is 2. The van der Waals surface area contributed by atoms with E-state index in [0.29, 0.717) is 11.8 Å². The highest BCUT2D eigenvalue weighted by atomic mass is 16.3. The molecule has 0 saturated heterocycles. The van der Waals surface area contributed by atoms with Crippen molar-refractivity contribution in [1.29, 1.82) is 0 Å². The van der Waals surface area contributed by atoms with Gasteiger partial charge in [0.2, 0.25) is 0 Å². The lowest BCUT2D eigenvalue weighted by Crippen LogP contribution is -2.21. The third kappa shape index (κ3) is 7.97. The summed E-state index contributed by atoms with van der Waals surface area (Å²) in [5, 5.41) is 3.66. The first-order valence-electron chi connectivity index (χ1n) is 26.3. The second-order valence-corrected chi connectivity index (χ2v) is 20.4. The van der Waals surface area contributed by atoms with Gasteiger partial charge in [0.25, 0.3) is 0 Å². The van der Waals surface area contributed by atoms with Gasteiger partial charge in [-0.3, -0.25) is 4.99 Å². The fourth-order valence-corrected chi connectivity index (χ4v) is 12.4. The summed E-state index contributed by atoms with van der Waals surface area (Å²) < 4.78 is 8.75. The monoisotopic (exact) mass is 950 g/mol. The van der Waals surface area contributed by atoms with Crippen molar-refractivity contribution in [3.8, 4) is 33.4 Å². The molecule has 74 heavy (non-hydrogen) atoms. The van der Waals surface area contributed by atoms with E-state index in [2.05, 4.69) is 253 Å². The molecule has 0 fully saturated rings. The first kappa shape index (κ1) is 44.0. The number of aromatic nitrogens is 1. The van der Waals surface area contributed by atoms with Crippen LogP contribution in [0.15, 0.2) is 258 Å². The van der Waals surface area contributed by atoms with E-state index in [0.717, 1.165) is 58.9 Å². The van der Waals surface area contributed by atoms with E-state index < -0.39 is 0 Å². The fraction of sp³-hybridized carbons (Fsp3) is 0.113. The highest BCUT2D eigenvalue weighted by Gasteiger charge is 2.32. The molecule has 3 heterocycles. The molecule has 3 nitrogen and oxygen atoms in total. The molecule has 0 N–H and O–H groups in total. The van der Waals surface area contributed by atoms with Gasteiger partial charge in [-0.2, -0.15) is 0 Å². The number of hydrogen-bond donors (Lipinski definition) is 0. The summed E-state index contributed by atoms with van der Waals surface area (Å²) in [4.78, 5) is 5.52. The summed E-state index contributed by atoms with van der Waals surface area (Å²) in [6.07, 6.45) is 25.4. The van der Waals surface area contributed by atoms with E-state index in [1.165, 1.54) is 83.6 Å². The highest BCUT2D eigenvalue weighted by Crippen LogP contribution is 2.46. The van der Waals surface area contributed by atoms with E-state index in [1.807, 2.05) is 6.07 Å². The zero-order valence-corrected chi connectivity index (χ0v) is 41.2. The third-order valence-electron chi connectivity index (χ3n) is 16.2. The molecule has 3 heteroatoms. The number of hydrogen-bond acceptors (Lipinski definition) is 2. The average molecular weight is 951 g/mol. The first-order valence-corrected chi connectivity index (χ1v) is 26.3. The Bertz CT molecular complexity index is 4000. The molecule has 1 aliphatic heterocycles. The quantitative estimate of drug-likeness (QED) is 0.142. The van der Waals surface area contributed by atoms with Gasteiger partial charge in [0.05, 0.1) is 11.2 Å². The fourth-order valence-electron chi connectivity index (χ4n) is 12.4. The standard InChI is InChI=1S/C71H54N2O/c1-3-15-47(16-4-1)49-27-29-51(30-28-49)56-45-66(52-33-31-50(32-34-52)48-17-5-2-6-18-48)72-67(46-56)53-35-39-57(40-36-53)73-68-25-13-11-23-62(68)64-43-54(37-41-69(64)73)58-19-7-9-21-60(58)61-22-10-8-20-59(61)55-38-42-71-65(44-55)63-24-12-14-26-70(63)74-71/h1-18,20-35,37-42,44-45,53-54,56,58H,19,36,43,46H2. The van der Waals surface area contributed by atoms with Crippen LogP contribution in [-0.2, 0) is 6.42 Å². The minimum Gasteiger partial charge on any atom is -0.456 e. The summed E-state index contributed by atoms with van der Waals surface area (Å²) in [5.41, 5.74) is 21.9. The molecule has 14 rings (SSSR count). The molecule has 2 aromatic heterocycles. The van der Waals surface area contributed by atoms with Crippen molar-refractivity contribution < 1.29 is 4.42 Å². The van der Waals surface area contributed by atoms with Crippen LogP contribution in [0, 0.1) is 17.8 Å². The van der Waals surface area contributed by atoms with Crippen molar-refractivity contribution >= 4 is 61.6 Å². The minimum absolute atomic E-state index is 0.197. The van der Waals surface area contributed by atoms with Crippen LogP contribution in [-0.4, -0.2) is 10.3 Å². The number of rotatable bonds is 9. The van der Waals surface area contributed by atoms with Crippen LogP contribution in [0.4, 0.5) is 0 Å². The molecule has 4 aliphatic rings. The summed E-state index contributed by atoms with van der Waals surface area (Å²) in [6.45, 7) is 0. The van der Waals surface area contributed by atoms with Gasteiger partial charge < -0.3 is 8.98 Å². The Morgan fingerprint density at radius 3 is 1.92 bits per heavy atom. The van der Waals surface area contributed by atoms with Gasteiger partial charge in [0.15, 0.2) is 0 Å². The van der Waals surface area contributed by atoms with Crippen molar-refractivity contribution in [2.24, 2.45) is 22.7 Å². The van der Waals surface area contributed by atoms with Gasteiger partial charge in [-0.05, 0) is 135 Å². The minimum atomic E-state index is 0.197. The number of benzene rings is 8. The maximum Gasteiger partial charge on any atom is 0.135 e. The van der Waals surface area contributed by atoms with E-state index in [-0.39, 0.29) is 11.8 Å². The number of furan rings is 1. The Balaban J connectivity index is 0.755. The smallest absolute Gasteiger partial charge is 0.135 e. The van der Waals surface area contributed by atoms with Crippen molar-refractivity contribution in [3.63, 3.8) is 0 Å². The predicted octanol–water partition coefficient (Wildman–Crippen LogP) is 18.5. The van der Waals surface area contributed by atoms with E-state index in [9.17, 15) is 0 Å². The van der Waals surface area contributed by atoms with E-state index in [1.54, 1.807) is 0 Å². The van der Waals surface area contributed by atoms with Crippen molar-refractivity contribution in [2.45, 2.75) is 31.6 Å². The second-order valence-electron chi connectivity index (χ2n) is 20.4. The summed E-state index contributed by atoms with van der Waals surface area (Å²) in [5.74, 6) is 1.09. The Morgan fingerprint density at radius 2 is 1.15 bits per heavy atom. The number of nitrogens with zero attached hydrogens (tertiary/aromatic N) is 2. The lowest BCUT2D eigenvalue weighted by Gasteiger charge is -2.32. The third-order valence-corrected chi connectivity index (χ3v) is 16.2. The summed E-state index contributed by atoms with van der Waals surface area (Å²) >= 11 is 0. The Morgan fingerprint density at radius 1 is 0.500 bits per heavy atom. The molecule has 0 spiro atoms. The molecule has 0 radical (unpaired) electrons. The number of allylic oxidation sites excluding steroid dienone is 10. The van der Waals surface area contributed by atoms with Crippen LogP contribution in [0.1, 0.15) is 53.1 Å². The van der Waals surface area contributed by atoms with Crippen LogP contribution in [0.25, 0.3) is 89.3 Å². The second kappa shape index (κ2) is 18.7. The molecule has 8 aromatic carbocycles. The van der Waals surface area contributed by atoms with Gasteiger partial charge in [-0.25, -0.2) is 0 Å². The van der Waals surface area contributed by atoms with E-state index >= 15 is 0 Å². The maximum absolute atomic E-state index is 6.23. The molecule has 4 unspecified atom stereocenters. The summed E-state index contributed by atoms with van der Waals surface area (Å²) in [6, 6.07) is 72.5. The molecular weight excluding hydrogens is 897 g/mol. The molecule has 354 valence electrons. The van der Waals surface area contributed by atoms with Crippen LogP contribution < -0.4 is 0 Å². The molecule has 10 aromatic rings. The number of aliphatic imine (C=N–C) groups is 1. The Labute approximate surface area is 432 Å². The largest absolute Gasteiger partial charge is 0.456 e.